The minimum absolute atomic E-state index is 0.00562. The molecule has 0 radical (unpaired) electrons. The van der Waals surface area contributed by atoms with E-state index in [4.69, 9.17) is 0 Å². The molecule has 0 fully saturated rings. The summed E-state index contributed by atoms with van der Waals surface area (Å²) in [7, 11) is 0. The minimum atomic E-state index is -0.819. The molecule has 0 saturated carbocycles. The quantitative estimate of drug-likeness (QED) is 0.183. The lowest BCUT2D eigenvalue weighted by molar-refractivity contribution is 0.583. The van der Waals surface area contributed by atoms with Crippen molar-refractivity contribution in [2.24, 2.45) is 4.99 Å². The molecule has 6 rings (SSSR count). The second-order valence-electron chi connectivity index (χ2n) is 8.01. The summed E-state index contributed by atoms with van der Waals surface area (Å²) in [6.07, 6.45) is 9.45. The monoisotopic (exact) mass is 517 g/mol. The highest BCUT2D eigenvalue weighted by molar-refractivity contribution is 5.92. The lowest BCUT2D eigenvalue weighted by Gasteiger charge is -2.03. The van der Waals surface area contributed by atoms with Crippen molar-refractivity contribution in [1.29, 1.82) is 0 Å². The Morgan fingerprint density at radius 2 is 1.34 bits per heavy atom. The molecule has 38 heavy (non-hydrogen) atoms. The molecule has 188 valence electrons. The fourth-order valence-corrected chi connectivity index (χ4v) is 3.98. The van der Waals surface area contributed by atoms with Crippen LogP contribution < -0.4 is 10.8 Å². The van der Waals surface area contributed by atoms with E-state index in [0.717, 1.165) is 0 Å². The van der Waals surface area contributed by atoms with Crippen LogP contribution in [-0.2, 0) is 0 Å². The van der Waals surface area contributed by atoms with E-state index < -0.39 is 23.5 Å². The molecular weight excluding hydrogens is 502 g/mol. The summed E-state index contributed by atoms with van der Waals surface area (Å²) in [4.78, 5) is 28.1. The van der Waals surface area contributed by atoms with E-state index in [9.17, 15) is 8.78 Å². The summed E-state index contributed by atoms with van der Waals surface area (Å²) >= 11 is 0. The minimum Gasteiger partial charge on any atom is -0.366 e. The predicted molar refractivity (Wildman–Crippen MR) is 130 cm³/mol. The third-order valence-corrected chi connectivity index (χ3v) is 5.78. The first kappa shape index (κ1) is 23.1. The van der Waals surface area contributed by atoms with Crippen molar-refractivity contribution < 1.29 is 17.6 Å². The van der Waals surface area contributed by atoms with Gasteiger partial charge in [0.05, 0.1) is 0 Å². The van der Waals surface area contributed by atoms with Gasteiger partial charge in [-0.15, -0.1) is 0 Å². The maximum Gasteiger partial charge on any atom is 0.220 e. The zero-order valence-electron chi connectivity index (χ0n) is 19.1. The summed E-state index contributed by atoms with van der Waals surface area (Å²) in [6, 6.07) is 5.81. The summed E-state index contributed by atoms with van der Waals surface area (Å²) < 4.78 is 58.4. The van der Waals surface area contributed by atoms with Gasteiger partial charge in [-0.1, -0.05) is 0 Å². The average Bonchev–Trinajstić information content (AvgIpc) is 3.61. The fourth-order valence-electron chi connectivity index (χ4n) is 3.98. The summed E-state index contributed by atoms with van der Waals surface area (Å²) in [5.74, 6) is -3.21. The number of halogens is 4. The van der Waals surface area contributed by atoms with Crippen LogP contribution >= 0.6 is 0 Å². The van der Waals surface area contributed by atoms with E-state index >= 15 is 8.78 Å². The van der Waals surface area contributed by atoms with Crippen molar-refractivity contribution in [3.8, 4) is 22.3 Å². The van der Waals surface area contributed by atoms with Crippen LogP contribution in [0.5, 0.6) is 0 Å². The maximum atomic E-state index is 15.2. The van der Waals surface area contributed by atoms with Gasteiger partial charge in [0.15, 0.2) is 22.9 Å². The van der Waals surface area contributed by atoms with Gasteiger partial charge >= 0.3 is 0 Å². The second kappa shape index (κ2) is 9.28. The van der Waals surface area contributed by atoms with Crippen molar-refractivity contribution in [2.75, 3.05) is 5.32 Å². The molecule has 0 saturated heterocycles. The number of nitrogens with one attached hydrogen (secondary N) is 4. The molecular formula is C25H15F4N9. The topological polar surface area (TPSA) is 123 Å². The van der Waals surface area contributed by atoms with Crippen molar-refractivity contribution >= 4 is 28.2 Å². The number of hydrogen-bond donors (Lipinski definition) is 4. The molecule has 6 aromatic heterocycles. The van der Waals surface area contributed by atoms with Crippen LogP contribution in [0.3, 0.4) is 0 Å². The molecule has 4 N–H and O–H groups in total. The summed E-state index contributed by atoms with van der Waals surface area (Å²) in [5.41, 5.74) is 0.0108. The second-order valence-corrected chi connectivity index (χ2v) is 8.01. The standard InChI is InChI=1S/C25H15F4N9/c26-18-14(12-3-1-5-31-20(12)28)9-33-24(18)37-22-16-7-30-8-17(16)23(36-11-35-22)38-25-19(27)15(10-34-25)13-4-2-6-32-21(13)29/h1-11,30,33-34H,(H,35,36,37,38). The molecule has 0 amide bonds. The molecule has 0 atom stereocenters. The van der Waals surface area contributed by atoms with Crippen LogP contribution in [0.15, 0.2) is 72.8 Å². The third kappa shape index (κ3) is 3.95. The number of nitrogens with zero attached hydrogens (tertiary/aromatic N) is 5. The van der Waals surface area contributed by atoms with Crippen molar-refractivity contribution in [1.82, 2.24) is 34.9 Å². The Morgan fingerprint density at radius 1 is 0.684 bits per heavy atom. The van der Waals surface area contributed by atoms with E-state index in [1.165, 1.54) is 55.4 Å². The van der Waals surface area contributed by atoms with E-state index in [0.29, 0.717) is 10.8 Å². The number of anilines is 2. The molecule has 0 unspecified atom stereocenters. The largest absolute Gasteiger partial charge is 0.366 e. The predicted octanol–water partition coefficient (Wildman–Crippen LogP) is 5.27. The highest BCUT2D eigenvalue weighted by Gasteiger charge is 2.19. The number of aromatic amines is 3. The van der Waals surface area contributed by atoms with Gasteiger partial charge in [-0.25, -0.2) is 33.7 Å². The van der Waals surface area contributed by atoms with Gasteiger partial charge in [0.1, 0.15) is 18.0 Å². The number of aromatic nitrogens is 7. The number of fused-ring (bicyclic) bond motifs is 1. The molecule has 13 heteroatoms. The first-order chi connectivity index (χ1) is 18.5. The smallest absolute Gasteiger partial charge is 0.220 e. The van der Waals surface area contributed by atoms with Crippen LogP contribution in [0.25, 0.3) is 33.0 Å². The normalized spacial score (nSPS) is 11.8. The zero-order chi connectivity index (χ0) is 26.2. The molecule has 0 spiro atoms. The Morgan fingerprint density at radius 3 is 2.05 bits per heavy atom. The Balaban J connectivity index is 1.40. The summed E-state index contributed by atoms with van der Waals surface area (Å²) in [5, 5.41) is 3.73. The van der Waals surface area contributed by atoms with E-state index in [1.807, 2.05) is 0 Å². The average molecular weight is 517 g/mol. The van der Waals surface area contributed by atoms with E-state index in [2.05, 4.69) is 45.2 Å². The number of rotatable bonds is 5. The molecule has 0 aliphatic heterocycles. The fraction of sp³-hybridized carbons (Fsp3) is 0. The van der Waals surface area contributed by atoms with Gasteiger partial charge in [-0.2, -0.15) is 8.78 Å². The van der Waals surface area contributed by atoms with Crippen LogP contribution in [0.4, 0.5) is 35.0 Å². The lowest BCUT2D eigenvalue weighted by atomic mass is 10.1. The van der Waals surface area contributed by atoms with E-state index in [1.54, 1.807) is 12.4 Å². The molecule has 6 heterocycles. The molecule has 0 bridgehead atoms. The Kier molecular flexibility index (Phi) is 5.64. The highest BCUT2D eigenvalue weighted by atomic mass is 19.1. The SMILES string of the molecule is Fc1ncccc1-c1c[nH]c(/N=c2\ncnc(Nc3[nH]cc(-c4cccnc4F)c3F)c3c[nH]cc23)c1F. The maximum absolute atomic E-state index is 15.2. The molecule has 9 nitrogen and oxygen atoms in total. The van der Waals surface area contributed by atoms with Gasteiger partial charge < -0.3 is 20.3 Å². The van der Waals surface area contributed by atoms with Crippen molar-refractivity contribution in [2.45, 2.75) is 0 Å². The first-order valence-electron chi connectivity index (χ1n) is 11.1. The van der Waals surface area contributed by atoms with Gasteiger partial charge in [0.25, 0.3) is 0 Å². The molecule has 0 aliphatic rings. The van der Waals surface area contributed by atoms with Crippen molar-refractivity contribution in [3.63, 3.8) is 0 Å². The first-order valence-corrected chi connectivity index (χ1v) is 11.1. The van der Waals surface area contributed by atoms with Crippen molar-refractivity contribution in [3.05, 3.63) is 96.8 Å². The third-order valence-electron chi connectivity index (χ3n) is 5.78. The van der Waals surface area contributed by atoms with Crippen LogP contribution in [0.1, 0.15) is 0 Å². The Bertz CT molecular complexity index is 1870. The molecule has 0 aliphatic carbocycles. The van der Waals surface area contributed by atoms with Crippen LogP contribution in [-0.4, -0.2) is 34.9 Å². The van der Waals surface area contributed by atoms with Gasteiger partial charge in [-0.05, 0) is 24.3 Å². The number of pyridine rings is 2. The Hall–Kier alpha value is -5.33. The number of hydrogen-bond acceptors (Lipinski definition) is 6. The van der Waals surface area contributed by atoms with Crippen LogP contribution in [0, 0.1) is 23.5 Å². The summed E-state index contributed by atoms with van der Waals surface area (Å²) in [6.45, 7) is 0. The lowest BCUT2D eigenvalue weighted by Crippen LogP contribution is -2.04. The highest BCUT2D eigenvalue weighted by Crippen LogP contribution is 2.32. The number of H-pyrrole nitrogens is 3. The molecule has 0 aromatic carbocycles. The van der Waals surface area contributed by atoms with Crippen LogP contribution in [0.2, 0.25) is 0 Å². The van der Waals surface area contributed by atoms with Gasteiger partial charge in [0, 0.05) is 70.2 Å². The Labute approximate surface area is 210 Å². The van der Waals surface area contributed by atoms with Gasteiger partial charge in [0.2, 0.25) is 11.9 Å². The molecule has 6 aromatic rings. The van der Waals surface area contributed by atoms with E-state index in [-0.39, 0.29) is 45.2 Å². The van der Waals surface area contributed by atoms with Gasteiger partial charge in [-0.3, -0.25) is 0 Å². The zero-order valence-corrected chi connectivity index (χ0v) is 19.1.